The molecule has 1 aliphatic heterocycles. The van der Waals surface area contributed by atoms with E-state index in [4.69, 9.17) is 4.42 Å². The van der Waals surface area contributed by atoms with Crippen molar-refractivity contribution in [3.63, 3.8) is 0 Å². The highest BCUT2D eigenvalue weighted by atomic mass is 32.2. The van der Waals surface area contributed by atoms with E-state index in [0.717, 1.165) is 30.6 Å². The van der Waals surface area contributed by atoms with Crippen molar-refractivity contribution in [3.05, 3.63) is 54.4 Å². The second kappa shape index (κ2) is 7.29. The summed E-state index contributed by atoms with van der Waals surface area (Å²) in [6.45, 7) is 2.62. The first-order chi connectivity index (χ1) is 12.7. The molecule has 1 atom stereocenters. The van der Waals surface area contributed by atoms with Crippen molar-refractivity contribution in [2.45, 2.75) is 30.2 Å². The average molecular weight is 366 g/mol. The summed E-state index contributed by atoms with van der Waals surface area (Å²) >= 11 is 1.29. The molecule has 0 saturated carbocycles. The van der Waals surface area contributed by atoms with Crippen molar-refractivity contribution < 1.29 is 9.21 Å². The molecule has 0 radical (unpaired) electrons. The number of thioether (sulfide) groups is 1. The molecule has 1 amide bonds. The van der Waals surface area contributed by atoms with Crippen molar-refractivity contribution >= 4 is 23.4 Å². The van der Waals surface area contributed by atoms with Gasteiger partial charge in [-0.25, -0.2) is 0 Å². The lowest BCUT2D eigenvalue weighted by molar-refractivity contribution is -0.117. The third kappa shape index (κ3) is 3.35. The first kappa shape index (κ1) is 16.8. The van der Waals surface area contributed by atoms with Crippen molar-refractivity contribution in [1.29, 1.82) is 0 Å². The van der Waals surface area contributed by atoms with Crippen LogP contribution in [-0.2, 0) is 11.2 Å². The summed E-state index contributed by atoms with van der Waals surface area (Å²) in [5.74, 6) is 0.490. The van der Waals surface area contributed by atoms with Crippen molar-refractivity contribution in [1.82, 2.24) is 15.2 Å². The summed E-state index contributed by atoms with van der Waals surface area (Å²) in [7, 11) is 0. The maximum atomic E-state index is 12.9. The smallest absolute Gasteiger partial charge is 0.277 e. The summed E-state index contributed by atoms with van der Waals surface area (Å²) in [5, 5.41) is 8.20. The SMILES string of the molecule is C[C@@H](Sc1nnc(-c2ccncc2)o1)C(=O)N1CCCc2ccccc21. The molecule has 2 aromatic heterocycles. The number of pyridine rings is 1. The summed E-state index contributed by atoms with van der Waals surface area (Å²) in [5.41, 5.74) is 3.05. The Labute approximate surface area is 155 Å². The molecule has 0 fully saturated rings. The molecule has 0 unspecified atom stereocenters. The fourth-order valence-electron chi connectivity index (χ4n) is 3.05. The molecule has 0 bridgehead atoms. The van der Waals surface area contributed by atoms with Gasteiger partial charge in [0.05, 0.1) is 5.25 Å². The van der Waals surface area contributed by atoms with Gasteiger partial charge in [0.25, 0.3) is 5.22 Å². The molecule has 3 aromatic rings. The van der Waals surface area contributed by atoms with E-state index in [-0.39, 0.29) is 11.2 Å². The molecule has 0 aliphatic carbocycles. The molecule has 0 saturated heterocycles. The van der Waals surface area contributed by atoms with Crippen molar-refractivity contribution in [2.24, 2.45) is 0 Å². The highest BCUT2D eigenvalue weighted by molar-refractivity contribution is 8.00. The number of para-hydroxylation sites is 1. The normalized spacial score (nSPS) is 14.7. The van der Waals surface area contributed by atoms with Crippen LogP contribution in [-0.4, -0.2) is 32.9 Å². The summed E-state index contributed by atoms with van der Waals surface area (Å²) in [4.78, 5) is 18.8. The van der Waals surface area contributed by atoms with E-state index in [1.165, 1.54) is 17.3 Å². The zero-order valence-corrected chi connectivity index (χ0v) is 15.1. The van der Waals surface area contributed by atoms with Gasteiger partial charge in [-0.05, 0) is 43.5 Å². The van der Waals surface area contributed by atoms with E-state index < -0.39 is 0 Å². The topological polar surface area (TPSA) is 72.1 Å². The highest BCUT2D eigenvalue weighted by Gasteiger charge is 2.28. The standard InChI is InChI=1S/C19H18N4O2S/c1-13(18(24)23-12-4-6-14-5-2-3-7-16(14)23)26-19-22-21-17(25-19)15-8-10-20-11-9-15/h2-3,5,7-11,13H,4,6,12H2,1H3/t13-/m1/s1. The monoisotopic (exact) mass is 366 g/mol. The predicted molar refractivity (Wildman–Crippen MR) is 100.0 cm³/mol. The van der Waals surface area contributed by atoms with Crippen LogP contribution in [0.2, 0.25) is 0 Å². The van der Waals surface area contributed by atoms with Gasteiger partial charge in [-0.1, -0.05) is 30.0 Å². The number of rotatable bonds is 4. The number of hydrogen-bond donors (Lipinski definition) is 0. The number of fused-ring (bicyclic) bond motifs is 1. The molecule has 6 nitrogen and oxygen atoms in total. The lowest BCUT2D eigenvalue weighted by atomic mass is 10.0. The van der Waals surface area contributed by atoms with Crippen LogP contribution in [0.5, 0.6) is 0 Å². The fraction of sp³-hybridized carbons (Fsp3) is 0.263. The molecule has 26 heavy (non-hydrogen) atoms. The first-order valence-corrected chi connectivity index (χ1v) is 9.40. The molecular formula is C19H18N4O2S. The quantitative estimate of drug-likeness (QED) is 0.657. The summed E-state index contributed by atoms with van der Waals surface area (Å²) in [6.07, 6.45) is 5.34. The van der Waals surface area contributed by atoms with Gasteiger partial charge in [0, 0.05) is 30.2 Å². The molecule has 7 heteroatoms. The molecule has 1 aromatic carbocycles. The minimum Gasteiger partial charge on any atom is -0.411 e. The second-order valence-corrected chi connectivity index (χ2v) is 7.38. The Bertz CT molecular complexity index is 913. The third-order valence-corrected chi connectivity index (χ3v) is 5.26. The zero-order chi connectivity index (χ0) is 17.9. The number of amides is 1. The van der Waals surface area contributed by atoms with Gasteiger partial charge < -0.3 is 9.32 Å². The second-order valence-electron chi connectivity index (χ2n) is 6.09. The number of carbonyl (C=O) groups excluding carboxylic acids is 1. The maximum Gasteiger partial charge on any atom is 0.277 e. The van der Waals surface area contributed by atoms with Crippen LogP contribution in [0.4, 0.5) is 5.69 Å². The van der Waals surface area contributed by atoms with Crippen molar-refractivity contribution in [2.75, 3.05) is 11.4 Å². The summed E-state index contributed by atoms with van der Waals surface area (Å²) < 4.78 is 5.69. The molecule has 0 spiro atoms. The van der Waals surface area contributed by atoms with Gasteiger partial charge in [-0.15, -0.1) is 10.2 Å². The number of aryl methyl sites for hydroxylation is 1. The Balaban J connectivity index is 1.48. The van der Waals surface area contributed by atoms with E-state index in [9.17, 15) is 4.79 Å². The van der Waals surface area contributed by atoms with Crippen LogP contribution in [0.1, 0.15) is 18.9 Å². The van der Waals surface area contributed by atoms with Gasteiger partial charge >= 0.3 is 0 Å². The first-order valence-electron chi connectivity index (χ1n) is 8.52. The molecule has 132 valence electrons. The Hall–Kier alpha value is -2.67. The van der Waals surface area contributed by atoms with E-state index in [1.807, 2.05) is 30.0 Å². The Kier molecular flexibility index (Phi) is 4.71. The van der Waals surface area contributed by atoms with Gasteiger partial charge in [-0.2, -0.15) is 0 Å². The number of carbonyl (C=O) groups is 1. The zero-order valence-electron chi connectivity index (χ0n) is 14.3. The van der Waals surface area contributed by atoms with Crippen LogP contribution >= 0.6 is 11.8 Å². The van der Waals surface area contributed by atoms with Gasteiger partial charge in [0.15, 0.2) is 0 Å². The molecule has 4 rings (SSSR count). The summed E-state index contributed by atoms with van der Waals surface area (Å²) in [6, 6.07) is 11.7. The molecule has 1 aliphatic rings. The third-order valence-electron chi connectivity index (χ3n) is 4.34. The molecular weight excluding hydrogens is 348 g/mol. The van der Waals surface area contributed by atoms with Crippen LogP contribution in [0, 0.1) is 0 Å². The number of nitrogens with zero attached hydrogens (tertiary/aromatic N) is 4. The van der Waals surface area contributed by atoms with Gasteiger partial charge in [0.2, 0.25) is 11.8 Å². The van der Waals surface area contributed by atoms with Crippen LogP contribution in [0.3, 0.4) is 0 Å². The van der Waals surface area contributed by atoms with E-state index >= 15 is 0 Å². The fourth-order valence-corrected chi connectivity index (χ4v) is 3.80. The van der Waals surface area contributed by atoms with Gasteiger partial charge in [0.1, 0.15) is 0 Å². The maximum absolute atomic E-state index is 12.9. The predicted octanol–water partition coefficient (Wildman–Crippen LogP) is 3.59. The lowest BCUT2D eigenvalue weighted by Crippen LogP contribution is -2.40. The van der Waals surface area contributed by atoms with Crippen LogP contribution in [0.15, 0.2) is 58.4 Å². The number of benzene rings is 1. The lowest BCUT2D eigenvalue weighted by Gasteiger charge is -2.31. The Morgan fingerprint density at radius 1 is 1.19 bits per heavy atom. The Morgan fingerprint density at radius 3 is 2.85 bits per heavy atom. The number of hydrogen-bond acceptors (Lipinski definition) is 6. The minimum absolute atomic E-state index is 0.0609. The van der Waals surface area contributed by atoms with E-state index in [2.05, 4.69) is 21.2 Å². The number of aromatic nitrogens is 3. The molecule has 0 N–H and O–H groups in total. The van der Waals surface area contributed by atoms with Crippen molar-refractivity contribution in [3.8, 4) is 11.5 Å². The van der Waals surface area contributed by atoms with Gasteiger partial charge in [-0.3, -0.25) is 9.78 Å². The van der Waals surface area contributed by atoms with E-state index in [0.29, 0.717) is 11.1 Å². The average Bonchev–Trinajstić information content (AvgIpc) is 3.16. The highest BCUT2D eigenvalue weighted by Crippen LogP contribution is 2.31. The van der Waals surface area contributed by atoms with E-state index in [1.54, 1.807) is 24.5 Å². The van der Waals surface area contributed by atoms with Crippen LogP contribution in [0.25, 0.3) is 11.5 Å². The van der Waals surface area contributed by atoms with Crippen LogP contribution < -0.4 is 4.90 Å². The Morgan fingerprint density at radius 2 is 2.00 bits per heavy atom. The molecule has 3 heterocycles. The minimum atomic E-state index is -0.313. The number of anilines is 1. The largest absolute Gasteiger partial charge is 0.411 e.